The van der Waals surface area contributed by atoms with Crippen LogP contribution in [0.25, 0.3) is 0 Å². The van der Waals surface area contributed by atoms with Crippen LogP contribution in [0.5, 0.6) is 0 Å². The molecule has 0 spiro atoms. The van der Waals surface area contributed by atoms with Gasteiger partial charge in [0.25, 0.3) is 5.91 Å². The zero-order valence-corrected chi connectivity index (χ0v) is 11.9. The number of carbonyl (C=O) groups excluding carboxylic acids is 1. The van der Waals surface area contributed by atoms with Crippen molar-refractivity contribution in [3.63, 3.8) is 0 Å². The first-order valence-corrected chi connectivity index (χ1v) is 6.67. The SMILES string of the molecule is Cn1c(C(=O)N(CC(=O)O)CC2CC2)cc(Cl)c1Cl. The molecule has 0 bridgehead atoms. The second-order valence-electron chi connectivity index (χ2n) is 4.75. The molecule has 2 rings (SSSR count). The van der Waals surface area contributed by atoms with Crippen LogP contribution in [0.2, 0.25) is 10.2 Å². The lowest BCUT2D eigenvalue weighted by molar-refractivity contribution is -0.137. The highest BCUT2D eigenvalue weighted by atomic mass is 35.5. The molecule has 0 aromatic carbocycles. The number of amides is 1. The van der Waals surface area contributed by atoms with Crippen LogP contribution in [0.4, 0.5) is 0 Å². The average Bonchev–Trinajstić information content (AvgIpc) is 3.11. The average molecular weight is 305 g/mol. The van der Waals surface area contributed by atoms with Gasteiger partial charge in [-0.1, -0.05) is 23.2 Å². The van der Waals surface area contributed by atoms with Gasteiger partial charge in [-0.15, -0.1) is 0 Å². The van der Waals surface area contributed by atoms with E-state index in [1.54, 1.807) is 7.05 Å². The van der Waals surface area contributed by atoms with E-state index in [0.29, 0.717) is 18.2 Å². The molecule has 1 aliphatic carbocycles. The Balaban J connectivity index is 2.21. The summed E-state index contributed by atoms with van der Waals surface area (Å²) in [4.78, 5) is 24.5. The first kappa shape index (κ1) is 14.2. The summed E-state index contributed by atoms with van der Waals surface area (Å²) < 4.78 is 1.47. The van der Waals surface area contributed by atoms with Gasteiger partial charge in [0, 0.05) is 13.6 Å². The van der Waals surface area contributed by atoms with Crippen LogP contribution in [0.3, 0.4) is 0 Å². The van der Waals surface area contributed by atoms with Crippen LogP contribution in [0.15, 0.2) is 6.07 Å². The molecule has 1 aromatic rings. The third kappa shape index (κ3) is 3.22. The molecule has 1 amide bonds. The minimum absolute atomic E-state index is 0.270. The molecule has 0 atom stereocenters. The van der Waals surface area contributed by atoms with Gasteiger partial charge in [0.15, 0.2) is 0 Å². The van der Waals surface area contributed by atoms with Crippen LogP contribution >= 0.6 is 23.2 Å². The second kappa shape index (κ2) is 5.43. The predicted octanol–water partition coefficient (Wildman–Crippen LogP) is 2.27. The van der Waals surface area contributed by atoms with Crippen molar-refractivity contribution < 1.29 is 14.7 Å². The summed E-state index contributed by atoms with van der Waals surface area (Å²) in [5, 5.41) is 9.45. The zero-order chi connectivity index (χ0) is 14.2. The van der Waals surface area contributed by atoms with Crippen LogP contribution in [0.1, 0.15) is 23.3 Å². The van der Waals surface area contributed by atoms with Crippen molar-refractivity contribution in [3.8, 4) is 0 Å². The zero-order valence-electron chi connectivity index (χ0n) is 10.4. The monoisotopic (exact) mass is 304 g/mol. The van der Waals surface area contributed by atoms with Gasteiger partial charge in [0.2, 0.25) is 0 Å². The van der Waals surface area contributed by atoms with E-state index in [1.165, 1.54) is 15.5 Å². The lowest BCUT2D eigenvalue weighted by Crippen LogP contribution is -2.38. The van der Waals surface area contributed by atoms with Gasteiger partial charge in [-0.3, -0.25) is 9.59 Å². The molecule has 1 fully saturated rings. The quantitative estimate of drug-likeness (QED) is 0.907. The third-order valence-electron chi connectivity index (χ3n) is 3.12. The first-order chi connectivity index (χ1) is 8.90. The van der Waals surface area contributed by atoms with E-state index in [4.69, 9.17) is 28.3 Å². The number of carboxylic acids is 1. The number of aromatic nitrogens is 1. The Morgan fingerprint density at radius 2 is 2.11 bits per heavy atom. The molecule has 1 saturated carbocycles. The van der Waals surface area contributed by atoms with E-state index in [1.807, 2.05) is 0 Å². The lowest BCUT2D eigenvalue weighted by atomic mass is 10.3. The standard InChI is InChI=1S/C12H14Cl2N2O3/c1-15-9(4-8(13)11(15)14)12(19)16(6-10(17)18)5-7-2-3-7/h4,7H,2-3,5-6H2,1H3,(H,17,18). The Hall–Kier alpha value is -1.20. The van der Waals surface area contributed by atoms with Crippen molar-refractivity contribution in [1.82, 2.24) is 9.47 Å². The van der Waals surface area contributed by atoms with E-state index >= 15 is 0 Å². The Morgan fingerprint density at radius 1 is 1.47 bits per heavy atom. The Labute approximate surface area is 120 Å². The molecular formula is C12H14Cl2N2O3. The Morgan fingerprint density at radius 3 is 2.53 bits per heavy atom. The van der Waals surface area contributed by atoms with Crippen molar-refractivity contribution in [1.29, 1.82) is 0 Å². The molecule has 7 heteroatoms. The predicted molar refractivity (Wildman–Crippen MR) is 71.7 cm³/mol. The van der Waals surface area contributed by atoms with E-state index in [9.17, 15) is 9.59 Å². The van der Waals surface area contributed by atoms with Crippen molar-refractivity contribution in [3.05, 3.63) is 21.9 Å². The largest absolute Gasteiger partial charge is 0.480 e. The second-order valence-corrected chi connectivity index (χ2v) is 5.52. The van der Waals surface area contributed by atoms with Gasteiger partial charge in [0.05, 0.1) is 5.02 Å². The highest BCUT2D eigenvalue weighted by molar-refractivity contribution is 6.41. The van der Waals surface area contributed by atoms with E-state index in [0.717, 1.165) is 12.8 Å². The van der Waals surface area contributed by atoms with E-state index < -0.39 is 5.97 Å². The smallest absolute Gasteiger partial charge is 0.323 e. The fraction of sp³-hybridized carbons (Fsp3) is 0.500. The number of nitrogens with zero attached hydrogens (tertiary/aromatic N) is 2. The van der Waals surface area contributed by atoms with Crippen LogP contribution < -0.4 is 0 Å². The fourth-order valence-corrected chi connectivity index (χ4v) is 2.28. The van der Waals surface area contributed by atoms with E-state index in [2.05, 4.69) is 0 Å². The number of hydrogen-bond donors (Lipinski definition) is 1. The Kier molecular flexibility index (Phi) is 4.06. The molecule has 1 N–H and O–H groups in total. The molecule has 0 aliphatic heterocycles. The topological polar surface area (TPSA) is 62.5 Å². The summed E-state index contributed by atoms with van der Waals surface area (Å²) in [6.07, 6.45) is 2.08. The van der Waals surface area contributed by atoms with Crippen LogP contribution in [-0.2, 0) is 11.8 Å². The van der Waals surface area contributed by atoms with Gasteiger partial charge in [-0.25, -0.2) is 0 Å². The Bertz CT molecular complexity index is 523. The summed E-state index contributed by atoms with van der Waals surface area (Å²) in [6, 6.07) is 1.47. The highest BCUT2D eigenvalue weighted by Gasteiger charge is 2.30. The molecule has 1 heterocycles. The highest BCUT2D eigenvalue weighted by Crippen LogP contribution is 2.31. The fourth-order valence-electron chi connectivity index (χ4n) is 1.90. The summed E-state index contributed by atoms with van der Waals surface area (Å²) in [5.74, 6) is -0.972. The summed E-state index contributed by atoms with van der Waals surface area (Å²) in [6.45, 7) is 0.154. The van der Waals surface area contributed by atoms with Gasteiger partial charge in [-0.2, -0.15) is 0 Å². The summed E-state index contributed by atoms with van der Waals surface area (Å²) in [5.41, 5.74) is 0.303. The number of carboxylic acid groups (broad SMARTS) is 1. The van der Waals surface area contributed by atoms with Crippen LogP contribution in [-0.4, -0.2) is 39.5 Å². The number of halogens is 2. The summed E-state index contributed by atoms with van der Waals surface area (Å²) in [7, 11) is 1.62. The number of rotatable bonds is 5. The molecule has 1 aromatic heterocycles. The van der Waals surface area contributed by atoms with Gasteiger partial charge in [0.1, 0.15) is 17.4 Å². The minimum Gasteiger partial charge on any atom is -0.480 e. The molecular weight excluding hydrogens is 291 g/mol. The number of carbonyl (C=O) groups is 2. The van der Waals surface area contributed by atoms with Gasteiger partial charge >= 0.3 is 5.97 Å². The maximum absolute atomic E-state index is 12.4. The molecule has 0 radical (unpaired) electrons. The molecule has 19 heavy (non-hydrogen) atoms. The third-order valence-corrected chi connectivity index (χ3v) is 3.97. The first-order valence-electron chi connectivity index (χ1n) is 5.92. The van der Waals surface area contributed by atoms with Crippen molar-refractivity contribution in [2.45, 2.75) is 12.8 Å². The number of aliphatic carboxylic acids is 1. The maximum atomic E-state index is 12.4. The lowest BCUT2D eigenvalue weighted by Gasteiger charge is -2.20. The number of hydrogen-bond acceptors (Lipinski definition) is 2. The summed E-state index contributed by atoms with van der Waals surface area (Å²) >= 11 is 11.8. The maximum Gasteiger partial charge on any atom is 0.323 e. The molecule has 0 unspecified atom stereocenters. The van der Waals surface area contributed by atoms with Crippen LogP contribution in [0, 0.1) is 5.92 Å². The molecule has 1 aliphatic rings. The molecule has 0 saturated heterocycles. The minimum atomic E-state index is -1.03. The van der Waals surface area contributed by atoms with Gasteiger partial charge in [-0.05, 0) is 24.8 Å². The molecule has 104 valence electrons. The van der Waals surface area contributed by atoms with Crippen molar-refractivity contribution in [2.75, 3.05) is 13.1 Å². The van der Waals surface area contributed by atoms with Gasteiger partial charge < -0.3 is 14.6 Å². The van der Waals surface area contributed by atoms with Crippen molar-refractivity contribution >= 4 is 35.1 Å². The van der Waals surface area contributed by atoms with E-state index in [-0.39, 0.29) is 22.6 Å². The normalized spacial score (nSPS) is 14.5. The molecule has 5 nitrogen and oxygen atoms in total. The van der Waals surface area contributed by atoms with Crippen molar-refractivity contribution in [2.24, 2.45) is 13.0 Å².